The Balaban J connectivity index is 2.28. The number of halogens is 2. The highest BCUT2D eigenvalue weighted by Crippen LogP contribution is 2.26. The maximum absolute atomic E-state index is 6.24. The van der Waals surface area contributed by atoms with E-state index in [1.165, 1.54) is 5.56 Å². The van der Waals surface area contributed by atoms with Gasteiger partial charge in [0.2, 0.25) is 0 Å². The van der Waals surface area contributed by atoms with Crippen molar-refractivity contribution in [1.82, 2.24) is 9.97 Å². The van der Waals surface area contributed by atoms with Crippen LogP contribution >= 0.6 is 27.5 Å². The Morgan fingerprint density at radius 1 is 1.19 bits per heavy atom. The second kappa shape index (κ2) is 6.32. The van der Waals surface area contributed by atoms with E-state index in [0.717, 1.165) is 21.7 Å². The number of hydrogen-bond donors (Lipinski definition) is 1. The largest absolute Gasteiger partial charge is 0.366 e. The molecule has 0 aliphatic heterocycles. The lowest BCUT2D eigenvalue weighted by Crippen LogP contribution is -2.18. The summed E-state index contributed by atoms with van der Waals surface area (Å²) in [6.07, 6.45) is 0. The lowest BCUT2D eigenvalue weighted by Gasteiger charge is -2.19. The third-order valence-electron chi connectivity index (χ3n) is 3.16. The highest BCUT2D eigenvalue weighted by atomic mass is 79.9. The number of aromatic nitrogens is 2. The second-order valence-electron chi connectivity index (χ2n) is 6.01. The Morgan fingerprint density at radius 3 is 2.48 bits per heavy atom. The van der Waals surface area contributed by atoms with Crippen molar-refractivity contribution in [2.75, 3.05) is 5.32 Å². The molecule has 1 N–H and O–H groups in total. The first-order valence-corrected chi connectivity index (χ1v) is 7.98. The number of rotatable bonds is 3. The summed E-state index contributed by atoms with van der Waals surface area (Å²) < 4.78 is 1.08. The zero-order chi connectivity index (χ0) is 15.6. The molecule has 21 heavy (non-hydrogen) atoms. The molecule has 0 spiro atoms. The maximum Gasteiger partial charge on any atom is 0.137 e. The SMILES string of the molecule is Cc1c(Cl)nc(C(C)(C)C)nc1NCc1ccccc1Br. The van der Waals surface area contributed by atoms with Gasteiger partial charge in [-0.1, -0.05) is 66.5 Å². The van der Waals surface area contributed by atoms with E-state index in [9.17, 15) is 0 Å². The van der Waals surface area contributed by atoms with E-state index in [1.807, 2.05) is 25.1 Å². The van der Waals surface area contributed by atoms with E-state index in [-0.39, 0.29) is 5.41 Å². The Morgan fingerprint density at radius 2 is 1.86 bits per heavy atom. The lowest BCUT2D eigenvalue weighted by atomic mass is 9.95. The molecule has 2 aromatic rings. The van der Waals surface area contributed by atoms with Crippen LogP contribution in [0.5, 0.6) is 0 Å². The summed E-state index contributed by atoms with van der Waals surface area (Å²) in [5.74, 6) is 1.53. The first-order chi connectivity index (χ1) is 9.79. The molecule has 2 rings (SSSR count). The molecule has 112 valence electrons. The number of anilines is 1. The van der Waals surface area contributed by atoms with Gasteiger partial charge in [-0.2, -0.15) is 0 Å². The maximum atomic E-state index is 6.24. The predicted molar refractivity (Wildman–Crippen MR) is 91.9 cm³/mol. The molecule has 0 bridgehead atoms. The van der Waals surface area contributed by atoms with Gasteiger partial charge in [0.15, 0.2) is 0 Å². The van der Waals surface area contributed by atoms with Crippen molar-refractivity contribution in [3.05, 3.63) is 50.8 Å². The van der Waals surface area contributed by atoms with Crippen LogP contribution in [0.2, 0.25) is 5.15 Å². The van der Waals surface area contributed by atoms with Crippen molar-refractivity contribution in [2.24, 2.45) is 0 Å². The molecule has 0 aliphatic rings. The van der Waals surface area contributed by atoms with Crippen LogP contribution in [-0.2, 0) is 12.0 Å². The molecule has 0 aliphatic carbocycles. The van der Waals surface area contributed by atoms with Crippen LogP contribution < -0.4 is 5.32 Å². The standard InChI is InChI=1S/C16H19BrClN3/c1-10-13(18)20-15(16(2,3)4)21-14(10)19-9-11-7-5-6-8-12(11)17/h5-8H,9H2,1-4H3,(H,19,20,21). The molecule has 3 nitrogen and oxygen atoms in total. The molecule has 0 radical (unpaired) electrons. The van der Waals surface area contributed by atoms with Crippen LogP contribution in [-0.4, -0.2) is 9.97 Å². The number of nitrogens with zero attached hydrogens (tertiary/aromatic N) is 2. The lowest BCUT2D eigenvalue weighted by molar-refractivity contribution is 0.545. The molecule has 0 unspecified atom stereocenters. The van der Waals surface area contributed by atoms with E-state index in [2.05, 4.69) is 58.1 Å². The average Bonchev–Trinajstić information content (AvgIpc) is 2.40. The van der Waals surface area contributed by atoms with Gasteiger partial charge in [-0.05, 0) is 18.6 Å². The minimum absolute atomic E-state index is 0.138. The third kappa shape index (κ3) is 3.95. The zero-order valence-electron chi connectivity index (χ0n) is 12.7. The minimum Gasteiger partial charge on any atom is -0.366 e. The van der Waals surface area contributed by atoms with Crippen molar-refractivity contribution >= 4 is 33.3 Å². The molecule has 0 fully saturated rings. The molecule has 5 heteroatoms. The fourth-order valence-electron chi connectivity index (χ4n) is 1.82. The molecule has 0 amide bonds. The summed E-state index contributed by atoms with van der Waals surface area (Å²) in [5, 5.41) is 3.86. The van der Waals surface area contributed by atoms with Crippen LogP contribution in [0.4, 0.5) is 5.82 Å². The molecule has 0 atom stereocenters. The van der Waals surface area contributed by atoms with Crippen LogP contribution in [0.25, 0.3) is 0 Å². The Labute approximate surface area is 139 Å². The van der Waals surface area contributed by atoms with E-state index in [0.29, 0.717) is 11.7 Å². The van der Waals surface area contributed by atoms with Crippen LogP contribution in [0, 0.1) is 6.92 Å². The minimum atomic E-state index is -0.138. The highest BCUT2D eigenvalue weighted by molar-refractivity contribution is 9.10. The molecular formula is C16H19BrClN3. The molecular weight excluding hydrogens is 350 g/mol. The summed E-state index contributed by atoms with van der Waals surface area (Å²) in [5.41, 5.74) is 1.90. The molecule has 1 aromatic carbocycles. The number of benzene rings is 1. The first-order valence-electron chi connectivity index (χ1n) is 6.81. The molecule has 1 aromatic heterocycles. The summed E-state index contributed by atoms with van der Waals surface area (Å²) in [4.78, 5) is 9.01. The van der Waals surface area contributed by atoms with Gasteiger partial charge in [-0.3, -0.25) is 0 Å². The van der Waals surface area contributed by atoms with Crippen LogP contribution in [0.1, 0.15) is 37.7 Å². The van der Waals surface area contributed by atoms with Gasteiger partial charge in [0.1, 0.15) is 16.8 Å². The fraction of sp³-hybridized carbons (Fsp3) is 0.375. The van der Waals surface area contributed by atoms with Gasteiger partial charge in [0.25, 0.3) is 0 Å². The summed E-state index contributed by atoms with van der Waals surface area (Å²) in [7, 11) is 0. The van der Waals surface area contributed by atoms with Crippen molar-refractivity contribution in [1.29, 1.82) is 0 Å². The predicted octanol–water partition coefficient (Wildman–Crippen LogP) is 5.11. The van der Waals surface area contributed by atoms with Crippen molar-refractivity contribution in [3.8, 4) is 0 Å². The number of nitrogens with one attached hydrogen (secondary N) is 1. The Bertz CT molecular complexity index is 650. The van der Waals surface area contributed by atoms with Crippen molar-refractivity contribution in [3.63, 3.8) is 0 Å². The summed E-state index contributed by atoms with van der Waals surface area (Å²) >= 11 is 9.79. The van der Waals surface area contributed by atoms with Crippen LogP contribution in [0.3, 0.4) is 0 Å². The topological polar surface area (TPSA) is 37.8 Å². The number of hydrogen-bond acceptors (Lipinski definition) is 3. The molecule has 0 saturated heterocycles. The fourth-order valence-corrected chi connectivity index (χ4v) is 2.41. The van der Waals surface area contributed by atoms with E-state index in [1.54, 1.807) is 0 Å². The highest BCUT2D eigenvalue weighted by Gasteiger charge is 2.20. The van der Waals surface area contributed by atoms with Crippen molar-refractivity contribution < 1.29 is 0 Å². The summed E-state index contributed by atoms with van der Waals surface area (Å²) in [6, 6.07) is 8.11. The van der Waals surface area contributed by atoms with Gasteiger partial charge in [0, 0.05) is 22.0 Å². The van der Waals surface area contributed by atoms with Crippen LogP contribution in [0.15, 0.2) is 28.7 Å². The van der Waals surface area contributed by atoms with Gasteiger partial charge >= 0.3 is 0 Å². The molecule has 0 saturated carbocycles. The second-order valence-corrected chi connectivity index (χ2v) is 7.22. The quantitative estimate of drug-likeness (QED) is 0.765. The normalized spacial score (nSPS) is 11.5. The van der Waals surface area contributed by atoms with E-state index >= 15 is 0 Å². The van der Waals surface area contributed by atoms with Gasteiger partial charge in [-0.15, -0.1) is 0 Å². The Hall–Kier alpha value is -1.13. The monoisotopic (exact) mass is 367 g/mol. The van der Waals surface area contributed by atoms with E-state index < -0.39 is 0 Å². The smallest absolute Gasteiger partial charge is 0.137 e. The van der Waals surface area contributed by atoms with Gasteiger partial charge < -0.3 is 5.32 Å². The van der Waals surface area contributed by atoms with Gasteiger partial charge in [0.05, 0.1) is 0 Å². The summed E-state index contributed by atoms with van der Waals surface area (Å²) in [6.45, 7) is 8.83. The van der Waals surface area contributed by atoms with E-state index in [4.69, 9.17) is 11.6 Å². The zero-order valence-corrected chi connectivity index (χ0v) is 15.0. The third-order valence-corrected chi connectivity index (χ3v) is 4.30. The van der Waals surface area contributed by atoms with Gasteiger partial charge in [-0.25, -0.2) is 9.97 Å². The molecule has 1 heterocycles. The Kier molecular flexibility index (Phi) is 4.89. The first kappa shape index (κ1) is 16.2. The van der Waals surface area contributed by atoms with Crippen molar-refractivity contribution in [2.45, 2.75) is 39.7 Å². The average molecular weight is 369 g/mol.